The minimum atomic E-state index is -0.0333. The van der Waals surface area contributed by atoms with Crippen LogP contribution < -0.4 is 9.80 Å². The van der Waals surface area contributed by atoms with Crippen molar-refractivity contribution in [1.82, 2.24) is 0 Å². The molecule has 0 saturated heterocycles. The van der Waals surface area contributed by atoms with Gasteiger partial charge in [-0.25, -0.2) is 0 Å². The lowest BCUT2D eigenvalue weighted by molar-refractivity contribution is 0.590. The van der Waals surface area contributed by atoms with Crippen molar-refractivity contribution in [1.29, 1.82) is 0 Å². The molecule has 0 radical (unpaired) electrons. The quantitative estimate of drug-likeness (QED) is 0.159. The van der Waals surface area contributed by atoms with Crippen molar-refractivity contribution in [3.63, 3.8) is 0 Å². The van der Waals surface area contributed by atoms with E-state index in [9.17, 15) is 0 Å². The van der Waals surface area contributed by atoms with Gasteiger partial charge in [0, 0.05) is 22.6 Å². The summed E-state index contributed by atoms with van der Waals surface area (Å²) in [6, 6.07) is 47.2. The Balaban J connectivity index is 1.64. The highest BCUT2D eigenvalue weighted by Crippen LogP contribution is 2.50. The third kappa shape index (κ3) is 9.18. The molecule has 0 aliphatic heterocycles. The summed E-state index contributed by atoms with van der Waals surface area (Å²) in [5, 5.41) is 0.670. The number of halogens is 1. The lowest BCUT2D eigenvalue weighted by atomic mass is 9.84. The van der Waals surface area contributed by atoms with E-state index in [-0.39, 0.29) is 21.7 Å². The maximum atomic E-state index is 7.88. The molecule has 0 N–H and O–H groups in total. The summed E-state index contributed by atoms with van der Waals surface area (Å²) in [7, 11) is 0. The van der Waals surface area contributed by atoms with Gasteiger partial charge in [-0.05, 0) is 124 Å². The van der Waals surface area contributed by atoms with E-state index in [1.54, 1.807) is 0 Å². The van der Waals surface area contributed by atoms with Gasteiger partial charge in [0.15, 0.2) is 0 Å². The molecule has 0 atom stereocenters. The second-order valence-electron chi connectivity index (χ2n) is 20.0. The first-order chi connectivity index (χ1) is 26.5. The number of aryl methyl sites for hydroxylation is 2. The fourth-order valence-corrected chi connectivity index (χ4v) is 7.87. The minimum absolute atomic E-state index is 0.0190. The molecule has 0 amide bonds. The van der Waals surface area contributed by atoms with Crippen LogP contribution >= 0.6 is 11.6 Å². The van der Waals surface area contributed by atoms with Crippen LogP contribution in [-0.2, 0) is 21.7 Å². The van der Waals surface area contributed by atoms with Gasteiger partial charge in [0.2, 0.25) is 0 Å². The summed E-state index contributed by atoms with van der Waals surface area (Å²) >= 11 is 7.88. The molecule has 57 heavy (non-hydrogen) atoms. The Morgan fingerprint density at radius 3 is 1.11 bits per heavy atom. The number of rotatable bonds is 7. The minimum Gasteiger partial charge on any atom is -0.309 e. The van der Waals surface area contributed by atoms with Gasteiger partial charge in [0.25, 0.3) is 0 Å². The lowest BCUT2D eigenvalue weighted by Crippen LogP contribution is -2.17. The van der Waals surface area contributed by atoms with Crippen molar-refractivity contribution in [3.8, 4) is 11.1 Å². The Kier molecular flexibility index (Phi) is 11.4. The normalized spacial score (nSPS) is 12.5. The molecule has 0 unspecified atom stereocenters. The van der Waals surface area contributed by atoms with Crippen LogP contribution in [0.1, 0.15) is 116 Å². The molecule has 0 saturated carbocycles. The van der Waals surface area contributed by atoms with Crippen LogP contribution in [0, 0.1) is 13.8 Å². The largest absolute Gasteiger partial charge is 0.309 e. The monoisotopic (exact) mass is 774 g/mol. The van der Waals surface area contributed by atoms with Crippen LogP contribution in [0.3, 0.4) is 0 Å². The Labute approximate surface area is 349 Å². The zero-order chi connectivity index (χ0) is 41.7. The van der Waals surface area contributed by atoms with Gasteiger partial charge in [-0.15, -0.1) is 0 Å². The van der Waals surface area contributed by atoms with E-state index in [1.807, 2.05) is 0 Å². The van der Waals surface area contributed by atoms with Gasteiger partial charge in [0.05, 0.1) is 22.1 Å². The third-order valence-electron chi connectivity index (χ3n) is 11.1. The van der Waals surface area contributed by atoms with E-state index in [0.717, 1.165) is 34.1 Å². The second-order valence-corrected chi connectivity index (χ2v) is 20.4. The molecule has 0 aliphatic carbocycles. The zero-order valence-electron chi connectivity index (χ0n) is 36.9. The van der Waals surface area contributed by atoms with E-state index >= 15 is 0 Å². The smallest absolute Gasteiger partial charge is 0.0887 e. The van der Waals surface area contributed by atoms with Crippen molar-refractivity contribution in [2.75, 3.05) is 9.80 Å². The van der Waals surface area contributed by atoms with Gasteiger partial charge in [0.1, 0.15) is 0 Å². The lowest BCUT2D eigenvalue weighted by Gasteiger charge is -2.33. The van der Waals surface area contributed by atoms with E-state index in [1.165, 1.54) is 44.5 Å². The van der Waals surface area contributed by atoms with Crippen LogP contribution in [-0.4, -0.2) is 0 Å². The fraction of sp³-hybridized carbons (Fsp3) is 0.333. The van der Waals surface area contributed by atoms with Gasteiger partial charge in [-0.3, -0.25) is 0 Å². The van der Waals surface area contributed by atoms with Crippen molar-refractivity contribution in [3.05, 3.63) is 166 Å². The van der Waals surface area contributed by atoms with Crippen molar-refractivity contribution < 1.29 is 0 Å². The molecule has 0 heterocycles. The molecule has 6 aromatic carbocycles. The Hall–Kier alpha value is -4.79. The van der Waals surface area contributed by atoms with E-state index in [4.69, 9.17) is 11.6 Å². The van der Waals surface area contributed by atoms with Gasteiger partial charge in [-0.2, -0.15) is 0 Å². The number of benzene rings is 6. The molecule has 6 rings (SSSR count). The number of nitrogens with zero attached hydrogens (tertiary/aromatic N) is 2. The summed E-state index contributed by atoms with van der Waals surface area (Å²) in [5.41, 5.74) is 16.1. The topological polar surface area (TPSA) is 6.48 Å². The molecule has 296 valence electrons. The average Bonchev–Trinajstić information content (AvgIpc) is 3.12. The Morgan fingerprint density at radius 1 is 0.368 bits per heavy atom. The van der Waals surface area contributed by atoms with Crippen LogP contribution in [0.5, 0.6) is 0 Å². The standard InChI is InChI=1S/C54H63ClN2/c1-36-32-37(2)34-38(33-36)46-35-42(54(12,13)14)24-31-47(46)57(45-29-22-41(23-30-45)53(9,10)11)49-17-15-16-48(50(49)55)56(43-25-18-39(19-26-43)51(3,4)5)44-27-20-40(21-28-44)52(6,7)8/h15-35H,1-14H3. The van der Waals surface area contributed by atoms with Crippen LogP contribution in [0.15, 0.2) is 127 Å². The summed E-state index contributed by atoms with van der Waals surface area (Å²) in [5.74, 6) is 0. The molecule has 0 bridgehead atoms. The molecular formula is C54H63ClN2. The average molecular weight is 776 g/mol. The van der Waals surface area contributed by atoms with Crippen LogP contribution in [0.25, 0.3) is 11.1 Å². The van der Waals surface area contributed by atoms with Crippen LogP contribution in [0.2, 0.25) is 5.02 Å². The van der Waals surface area contributed by atoms with Crippen molar-refractivity contribution in [2.24, 2.45) is 0 Å². The third-order valence-corrected chi connectivity index (χ3v) is 11.4. The first-order valence-corrected chi connectivity index (χ1v) is 20.8. The van der Waals surface area contributed by atoms with E-state index in [2.05, 4.69) is 234 Å². The molecule has 2 nitrogen and oxygen atoms in total. The highest BCUT2D eigenvalue weighted by atomic mass is 35.5. The van der Waals surface area contributed by atoms with E-state index < -0.39 is 0 Å². The molecule has 0 spiro atoms. The SMILES string of the molecule is Cc1cc(C)cc(-c2cc(C(C)(C)C)ccc2N(c2ccc(C(C)(C)C)cc2)c2cccc(N(c3ccc(C(C)(C)C)cc3)c3ccc(C(C)(C)C)cc3)c2Cl)c1. The summed E-state index contributed by atoms with van der Waals surface area (Å²) in [6.07, 6.45) is 0. The number of anilines is 6. The number of hydrogen-bond acceptors (Lipinski definition) is 2. The first kappa shape index (κ1) is 41.8. The molecular weight excluding hydrogens is 712 g/mol. The summed E-state index contributed by atoms with van der Waals surface area (Å²) < 4.78 is 0. The highest BCUT2D eigenvalue weighted by Gasteiger charge is 2.27. The first-order valence-electron chi connectivity index (χ1n) is 20.5. The molecule has 6 aromatic rings. The molecule has 0 aromatic heterocycles. The van der Waals surface area contributed by atoms with Gasteiger partial charge < -0.3 is 9.80 Å². The second kappa shape index (κ2) is 15.5. The van der Waals surface area contributed by atoms with Crippen molar-refractivity contribution >= 4 is 45.7 Å². The van der Waals surface area contributed by atoms with Gasteiger partial charge >= 0.3 is 0 Å². The highest BCUT2D eigenvalue weighted by molar-refractivity contribution is 6.36. The predicted octanol–water partition coefficient (Wildman–Crippen LogP) is 16.8. The number of hydrogen-bond donors (Lipinski definition) is 0. The maximum absolute atomic E-state index is 7.88. The Morgan fingerprint density at radius 2 is 0.719 bits per heavy atom. The van der Waals surface area contributed by atoms with E-state index in [0.29, 0.717) is 5.02 Å². The molecule has 0 fully saturated rings. The van der Waals surface area contributed by atoms with Crippen molar-refractivity contribution in [2.45, 2.75) is 119 Å². The maximum Gasteiger partial charge on any atom is 0.0887 e. The molecule has 3 heteroatoms. The van der Waals surface area contributed by atoms with Crippen LogP contribution in [0.4, 0.5) is 34.1 Å². The molecule has 0 aliphatic rings. The van der Waals surface area contributed by atoms with Gasteiger partial charge in [-0.1, -0.05) is 173 Å². The Bertz CT molecular complexity index is 2260. The summed E-state index contributed by atoms with van der Waals surface area (Å²) in [4.78, 5) is 4.67. The zero-order valence-corrected chi connectivity index (χ0v) is 37.7. The summed E-state index contributed by atoms with van der Waals surface area (Å²) in [6.45, 7) is 31.6. The fourth-order valence-electron chi connectivity index (χ4n) is 7.58. The predicted molar refractivity (Wildman–Crippen MR) is 251 cm³/mol.